The van der Waals surface area contributed by atoms with E-state index in [0.717, 1.165) is 18.4 Å². The van der Waals surface area contributed by atoms with Crippen LogP contribution in [0.1, 0.15) is 36.1 Å². The summed E-state index contributed by atoms with van der Waals surface area (Å²) in [6, 6.07) is 13.9. The molecule has 0 fully saturated rings. The molecule has 0 saturated carbocycles. The van der Waals surface area contributed by atoms with Gasteiger partial charge in [0.25, 0.3) is 0 Å². The van der Waals surface area contributed by atoms with Crippen LogP contribution >= 0.6 is 0 Å². The van der Waals surface area contributed by atoms with Crippen molar-refractivity contribution in [2.45, 2.75) is 25.9 Å². The van der Waals surface area contributed by atoms with Crippen molar-refractivity contribution in [2.24, 2.45) is 0 Å². The maximum Gasteiger partial charge on any atom is 0.123 e. The SMILES string of the molecule is CCCc1ccc(C(O)c2ccc(F)cc2)cc1. The van der Waals surface area contributed by atoms with Crippen molar-refractivity contribution in [3.8, 4) is 0 Å². The van der Waals surface area contributed by atoms with Gasteiger partial charge in [0, 0.05) is 0 Å². The zero-order chi connectivity index (χ0) is 13.0. The average molecular weight is 244 g/mol. The summed E-state index contributed by atoms with van der Waals surface area (Å²) in [5.41, 5.74) is 2.81. The fourth-order valence-electron chi connectivity index (χ4n) is 1.99. The lowest BCUT2D eigenvalue weighted by molar-refractivity contribution is 0.220. The summed E-state index contributed by atoms with van der Waals surface area (Å²) in [5.74, 6) is -0.288. The first-order chi connectivity index (χ1) is 8.70. The van der Waals surface area contributed by atoms with Gasteiger partial charge in [-0.2, -0.15) is 0 Å². The van der Waals surface area contributed by atoms with Gasteiger partial charge in [0.1, 0.15) is 11.9 Å². The van der Waals surface area contributed by atoms with Crippen LogP contribution in [0.4, 0.5) is 4.39 Å². The summed E-state index contributed by atoms with van der Waals surface area (Å²) in [5, 5.41) is 10.2. The van der Waals surface area contributed by atoms with Gasteiger partial charge in [0.15, 0.2) is 0 Å². The van der Waals surface area contributed by atoms with Crippen LogP contribution in [0.2, 0.25) is 0 Å². The third-order valence-electron chi connectivity index (χ3n) is 3.02. The Morgan fingerprint density at radius 1 is 0.944 bits per heavy atom. The minimum atomic E-state index is -0.693. The number of hydrogen-bond acceptors (Lipinski definition) is 1. The van der Waals surface area contributed by atoms with E-state index in [1.807, 2.05) is 24.3 Å². The van der Waals surface area contributed by atoms with Crippen molar-refractivity contribution < 1.29 is 9.50 Å². The van der Waals surface area contributed by atoms with Crippen molar-refractivity contribution in [3.63, 3.8) is 0 Å². The Balaban J connectivity index is 2.17. The summed E-state index contributed by atoms with van der Waals surface area (Å²) < 4.78 is 12.8. The highest BCUT2D eigenvalue weighted by Crippen LogP contribution is 2.22. The molecule has 0 heterocycles. The first-order valence-electron chi connectivity index (χ1n) is 6.23. The predicted molar refractivity (Wildman–Crippen MR) is 70.9 cm³/mol. The summed E-state index contributed by atoms with van der Waals surface area (Å²) in [4.78, 5) is 0. The van der Waals surface area contributed by atoms with Crippen LogP contribution in [0.3, 0.4) is 0 Å². The van der Waals surface area contributed by atoms with Gasteiger partial charge in [0.2, 0.25) is 0 Å². The molecule has 2 rings (SSSR count). The molecule has 0 saturated heterocycles. The molecule has 18 heavy (non-hydrogen) atoms. The van der Waals surface area contributed by atoms with E-state index in [1.54, 1.807) is 12.1 Å². The number of halogens is 1. The highest BCUT2D eigenvalue weighted by molar-refractivity contribution is 5.32. The molecule has 0 aliphatic heterocycles. The molecule has 2 aromatic carbocycles. The molecule has 1 nitrogen and oxygen atoms in total. The highest BCUT2D eigenvalue weighted by Gasteiger charge is 2.10. The summed E-state index contributed by atoms with van der Waals surface area (Å²) >= 11 is 0. The maximum absolute atomic E-state index is 12.8. The molecule has 1 N–H and O–H groups in total. The third-order valence-corrected chi connectivity index (χ3v) is 3.02. The van der Waals surface area contributed by atoms with E-state index in [9.17, 15) is 9.50 Å². The summed E-state index contributed by atoms with van der Waals surface area (Å²) in [6.07, 6.45) is 1.47. The molecule has 0 aliphatic carbocycles. The van der Waals surface area contributed by atoms with Gasteiger partial charge in [-0.05, 0) is 35.2 Å². The van der Waals surface area contributed by atoms with Crippen LogP contribution in [-0.2, 0) is 6.42 Å². The minimum absolute atomic E-state index is 0.288. The van der Waals surface area contributed by atoms with Crippen LogP contribution in [-0.4, -0.2) is 5.11 Å². The Morgan fingerprint density at radius 2 is 1.44 bits per heavy atom. The van der Waals surface area contributed by atoms with Crippen LogP contribution in [0.25, 0.3) is 0 Å². The van der Waals surface area contributed by atoms with E-state index in [0.29, 0.717) is 5.56 Å². The fraction of sp³-hybridized carbons (Fsp3) is 0.250. The minimum Gasteiger partial charge on any atom is -0.384 e. The molecule has 0 spiro atoms. The molecular weight excluding hydrogens is 227 g/mol. The lowest BCUT2D eigenvalue weighted by Gasteiger charge is -2.12. The monoisotopic (exact) mass is 244 g/mol. The molecule has 2 heteroatoms. The second-order valence-electron chi connectivity index (χ2n) is 4.45. The normalized spacial score (nSPS) is 12.4. The number of benzene rings is 2. The van der Waals surface area contributed by atoms with Crippen molar-refractivity contribution in [3.05, 3.63) is 71.0 Å². The third kappa shape index (κ3) is 2.96. The first-order valence-corrected chi connectivity index (χ1v) is 6.23. The Morgan fingerprint density at radius 3 is 1.94 bits per heavy atom. The molecule has 0 amide bonds. The Labute approximate surface area is 107 Å². The summed E-state index contributed by atoms with van der Waals surface area (Å²) in [7, 11) is 0. The van der Waals surface area contributed by atoms with Crippen LogP contribution in [0.5, 0.6) is 0 Å². The molecule has 0 aliphatic rings. The van der Waals surface area contributed by atoms with E-state index in [4.69, 9.17) is 0 Å². The lowest BCUT2D eigenvalue weighted by Crippen LogP contribution is -1.99. The Bertz CT molecular complexity index is 488. The van der Waals surface area contributed by atoms with E-state index in [-0.39, 0.29) is 5.82 Å². The number of rotatable bonds is 4. The second-order valence-corrected chi connectivity index (χ2v) is 4.45. The van der Waals surface area contributed by atoms with Crippen LogP contribution < -0.4 is 0 Å². The van der Waals surface area contributed by atoms with Crippen LogP contribution in [0.15, 0.2) is 48.5 Å². The molecule has 2 aromatic rings. The topological polar surface area (TPSA) is 20.2 Å². The highest BCUT2D eigenvalue weighted by atomic mass is 19.1. The van der Waals surface area contributed by atoms with Crippen LogP contribution in [0, 0.1) is 5.82 Å². The molecule has 1 atom stereocenters. The molecular formula is C16H17FO. The van der Waals surface area contributed by atoms with Crippen molar-refractivity contribution in [1.82, 2.24) is 0 Å². The molecule has 94 valence electrons. The van der Waals surface area contributed by atoms with Gasteiger partial charge < -0.3 is 5.11 Å². The molecule has 0 radical (unpaired) electrons. The average Bonchev–Trinajstić information content (AvgIpc) is 2.40. The van der Waals surface area contributed by atoms with Crippen molar-refractivity contribution in [2.75, 3.05) is 0 Å². The number of hydrogen-bond donors (Lipinski definition) is 1. The van der Waals surface area contributed by atoms with E-state index in [2.05, 4.69) is 6.92 Å². The van der Waals surface area contributed by atoms with Gasteiger partial charge in [-0.25, -0.2) is 4.39 Å². The molecule has 0 aromatic heterocycles. The molecule has 0 bridgehead atoms. The zero-order valence-corrected chi connectivity index (χ0v) is 10.4. The fourth-order valence-corrected chi connectivity index (χ4v) is 1.99. The predicted octanol–water partition coefficient (Wildman–Crippen LogP) is 3.86. The Kier molecular flexibility index (Phi) is 4.11. The largest absolute Gasteiger partial charge is 0.384 e. The van der Waals surface area contributed by atoms with Gasteiger partial charge in [-0.15, -0.1) is 0 Å². The van der Waals surface area contributed by atoms with Crippen molar-refractivity contribution in [1.29, 1.82) is 0 Å². The standard InChI is InChI=1S/C16H17FO/c1-2-3-12-4-6-13(7-5-12)16(18)14-8-10-15(17)11-9-14/h4-11,16,18H,2-3H2,1H3. The Hall–Kier alpha value is -1.67. The van der Waals surface area contributed by atoms with Crippen molar-refractivity contribution >= 4 is 0 Å². The molecule has 1 unspecified atom stereocenters. The summed E-state index contributed by atoms with van der Waals surface area (Å²) in [6.45, 7) is 2.14. The van der Waals surface area contributed by atoms with Gasteiger partial charge in [-0.1, -0.05) is 49.7 Å². The second kappa shape index (κ2) is 5.78. The number of aliphatic hydroxyl groups excluding tert-OH is 1. The quantitative estimate of drug-likeness (QED) is 0.865. The smallest absolute Gasteiger partial charge is 0.123 e. The van der Waals surface area contributed by atoms with E-state index in [1.165, 1.54) is 17.7 Å². The van der Waals surface area contributed by atoms with Gasteiger partial charge >= 0.3 is 0 Å². The number of aryl methyl sites for hydroxylation is 1. The lowest BCUT2D eigenvalue weighted by atomic mass is 9.99. The number of aliphatic hydroxyl groups is 1. The van der Waals surface area contributed by atoms with Gasteiger partial charge in [0.05, 0.1) is 0 Å². The van der Waals surface area contributed by atoms with Gasteiger partial charge in [-0.3, -0.25) is 0 Å². The first kappa shape index (κ1) is 12.8. The maximum atomic E-state index is 12.8. The van der Waals surface area contributed by atoms with E-state index < -0.39 is 6.10 Å². The van der Waals surface area contributed by atoms with E-state index >= 15 is 0 Å². The zero-order valence-electron chi connectivity index (χ0n) is 10.4.